The second-order valence-corrected chi connectivity index (χ2v) is 12.5. The van der Waals surface area contributed by atoms with E-state index in [4.69, 9.17) is 4.42 Å². The van der Waals surface area contributed by atoms with Crippen molar-refractivity contribution in [2.24, 2.45) is 7.05 Å². The van der Waals surface area contributed by atoms with Gasteiger partial charge in [0.05, 0.1) is 5.56 Å². The Hall–Kier alpha value is -2.61. The lowest BCUT2D eigenvalue weighted by Gasteiger charge is -2.42. The smallest absolute Gasteiger partial charge is 0.216 e. The minimum atomic E-state index is 0.0906. The third-order valence-corrected chi connectivity index (χ3v) is 8.07. The Bertz CT molecular complexity index is 1410. The lowest BCUT2D eigenvalue weighted by atomic mass is 9.62. The summed E-state index contributed by atoms with van der Waals surface area (Å²) in [5, 5.41) is 2.56. The molecule has 0 atom stereocenters. The quantitative estimate of drug-likeness (QED) is 0.274. The molecule has 33 heavy (non-hydrogen) atoms. The van der Waals surface area contributed by atoms with Crippen molar-refractivity contribution in [3.8, 4) is 11.3 Å². The lowest BCUT2D eigenvalue weighted by Crippen LogP contribution is -2.33. The van der Waals surface area contributed by atoms with Crippen LogP contribution < -0.4 is 4.57 Å². The largest absolute Gasteiger partial charge is 0.455 e. The second kappa shape index (κ2) is 6.95. The number of hydrogen-bond acceptors (Lipinski definition) is 1. The van der Waals surface area contributed by atoms with Crippen molar-refractivity contribution in [2.75, 3.05) is 0 Å². The van der Waals surface area contributed by atoms with E-state index in [0.29, 0.717) is 0 Å². The van der Waals surface area contributed by atoms with Crippen molar-refractivity contribution in [3.05, 3.63) is 64.8 Å². The highest BCUT2D eigenvalue weighted by Gasteiger charge is 2.39. The summed E-state index contributed by atoms with van der Waals surface area (Å²) >= 11 is 0. The van der Waals surface area contributed by atoms with Gasteiger partial charge in [-0.25, -0.2) is 4.57 Å². The van der Waals surface area contributed by atoms with E-state index in [1.54, 1.807) is 0 Å². The molecule has 0 aliphatic heterocycles. The molecule has 0 unspecified atom stereocenters. The molecule has 2 heteroatoms. The third kappa shape index (κ3) is 3.33. The van der Waals surface area contributed by atoms with Crippen molar-refractivity contribution >= 4 is 21.9 Å². The van der Waals surface area contributed by atoms with E-state index < -0.39 is 0 Å². The SMILES string of the molecule is Cc1ccc2c(oc3ccc4c(c32)C(C)(C)CCC4(C)C)c1-c1cc(C(C)(C)C)cc[n+]1C. The van der Waals surface area contributed by atoms with Crippen molar-refractivity contribution < 1.29 is 8.98 Å². The molecular weight excluding hydrogens is 402 g/mol. The first-order valence-electron chi connectivity index (χ1n) is 12.3. The molecule has 1 aliphatic carbocycles. The molecule has 2 aromatic carbocycles. The summed E-state index contributed by atoms with van der Waals surface area (Å²) in [7, 11) is 2.14. The van der Waals surface area contributed by atoms with Gasteiger partial charge in [0.25, 0.3) is 0 Å². The summed E-state index contributed by atoms with van der Waals surface area (Å²) in [4.78, 5) is 0. The zero-order chi connectivity index (χ0) is 23.9. The van der Waals surface area contributed by atoms with Crippen LogP contribution in [0.4, 0.5) is 0 Å². The third-order valence-electron chi connectivity index (χ3n) is 8.07. The summed E-state index contributed by atoms with van der Waals surface area (Å²) in [6.45, 7) is 18.6. The molecule has 0 radical (unpaired) electrons. The fourth-order valence-electron chi connectivity index (χ4n) is 5.78. The normalized spacial score (nSPS) is 17.5. The Balaban J connectivity index is 1.89. The molecular formula is C31H38NO+. The average Bonchev–Trinajstić information content (AvgIpc) is 3.09. The maximum absolute atomic E-state index is 6.71. The van der Waals surface area contributed by atoms with Crippen LogP contribution in [0.25, 0.3) is 33.2 Å². The van der Waals surface area contributed by atoms with E-state index in [9.17, 15) is 0 Å². The molecule has 5 rings (SSSR count). The number of benzene rings is 2. The van der Waals surface area contributed by atoms with E-state index in [1.165, 1.54) is 57.1 Å². The van der Waals surface area contributed by atoms with E-state index >= 15 is 0 Å². The first-order valence-corrected chi connectivity index (χ1v) is 12.3. The molecule has 0 fully saturated rings. The van der Waals surface area contributed by atoms with Gasteiger partial charge >= 0.3 is 0 Å². The highest BCUT2D eigenvalue weighted by molar-refractivity contribution is 6.12. The average molecular weight is 441 g/mol. The minimum absolute atomic E-state index is 0.0906. The van der Waals surface area contributed by atoms with Crippen molar-refractivity contribution in [3.63, 3.8) is 0 Å². The van der Waals surface area contributed by atoms with E-state index in [1.807, 2.05) is 0 Å². The lowest BCUT2D eigenvalue weighted by molar-refractivity contribution is -0.660. The zero-order valence-electron chi connectivity index (χ0n) is 21.8. The van der Waals surface area contributed by atoms with Crippen molar-refractivity contribution in [2.45, 2.75) is 84.5 Å². The Morgan fingerprint density at radius 3 is 2.30 bits per heavy atom. The van der Waals surface area contributed by atoms with Gasteiger partial charge in [0.15, 0.2) is 6.20 Å². The number of aromatic nitrogens is 1. The minimum Gasteiger partial charge on any atom is -0.455 e. The Morgan fingerprint density at radius 1 is 0.909 bits per heavy atom. The fraction of sp³-hybridized carbons (Fsp3) is 0.452. The molecule has 0 saturated carbocycles. The maximum Gasteiger partial charge on any atom is 0.216 e. The van der Waals surface area contributed by atoms with Gasteiger partial charge in [-0.1, -0.05) is 66.7 Å². The number of pyridine rings is 1. The van der Waals surface area contributed by atoms with Crippen LogP contribution >= 0.6 is 0 Å². The van der Waals surface area contributed by atoms with Gasteiger partial charge in [0.1, 0.15) is 18.2 Å². The van der Waals surface area contributed by atoms with Crippen LogP contribution in [0.3, 0.4) is 0 Å². The molecule has 2 heterocycles. The van der Waals surface area contributed by atoms with Crippen molar-refractivity contribution in [1.82, 2.24) is 0 Å². The molecule has 2 nitrogen and oxygen atoms in total. The van der Waals surface area contributed by atoms with Gasteiger partial charge in [-0.3, -0.25) is 0 Å². The molecule has 0 amide bonds. The monoisotopic (exact) mass is 440 g/mol. The number of nitrogens with zero attached hydrogens (tertiary/aromatic N) is 1. The highest BCUT2D eigenvalue weighted by Crippen LogP contribution is 2.51. The molecule has 0 spiro atoms. The van der Waals surface area contributed by atoms with E-state index in [2.05, 4.69) is 110 Å². The summed E-state index contributed by atoms with van der Waals surface area (Å²) < 4.78 is 8.94. The first-order chi connectivity index (χ1) is 15.3. The van der Waals surface area contributed by atoms with Crippen molar-refractivity contribution in [1.29, 1.82) is 0 Å². The molecule has 0 bridgehead atoms. The topological polar surface area (TPSA) is 17.0 Å². The molecule has 1 aliphatic rings. The second-order valence-electron chi connectivity index (χ2n) is 12.5. The van der Waals surface area contributed by atoms with Crippen LogP contribution in [-0.2, 0) is 23.3 Å². The Morgan fingerprint density at radius 2 is 1.61 bits per heavy atom. The molecule has 0 saturated heterocycles. The predicted molar refractivity (Wildman–Crippen MR) is 139 cm³/mol. The number of hydrogen-bond donors (Lipinski definition) is 0. The first kappa shape index (κ1) is 22.2. The zero-order valence-corrected chi connectivity index (χ0v) is 21.8. The van der Waals surface area contributed by atoms with Gasteiger partial charge in [0, 0.05) is 22.9 Å². The molecule has 2 aromatic heterocycles. The number of furan rings is 1. The van der Waals surface area contributed by atoms with E-state index in [-0.39, 0.29) is 16.2 Å². The van der Waals surface area contributed by atoms with Gasteiger partial charge in [-0.15, -0.1) is 0 Å². The van der Waals surface area contributed by atoms with Gasteiger partial charge in [-0.2, -0.15) is 0 Å². The molecule has 0 N–H and O–H groups in total. The van der Waals surface area contributed by atoms with Crippen LogP contribution in [0, 0.1) is 6.92 Å². The standard InChI is InChI=1S/C31H38NO/c1-19-10-11-21-26-24(13-12-22-27(26)31(7,8)16-15-30(22,5)6)33-28(21)25(19)23-18-20(29(2,3)4)14-17-32(23)9/h10-14,17-18H,15-16H2,1-9H3/q+1. The summed E-state index contributed by atoms with van der Waals surface area (Å²) in [5.74, 6) is 0. The van der Waals surface area contributed by atoms with Crippen LogP contribution in [0.2, 0.25) is 0 Å². The van der Waals surface area contributed by atoms with Crippen LogP contribution in [0.5, 0.6) is 0 Å². The van der Waals surface area contributed by atoms with Gasteiger partial charge in [0.2, 0.25) is 5.69 Å². The molecule has 4 aromatic rings. The van der Waals surface area contributed by atoms with Gasteiger partial charge < -0.3 is 4.42 Å². The Labute approximate surface area is 198 Å². The molecule has 172 valence electrons. The summed E-state index contributed by atoms with van der Waals surface area (Å²) in [6, 6.07) is 13.7. The summed E-state index contributed by atoms with van der Waals surface area (Å²) in [5.41, 5.74) is 10.4. The number of rotatable bonds is 1. The van der Waals surface area contributed by atoms with Crippen LogP contribution in [0.1, 0.15) is 83.6 Å². The van der Waals surface area contributed by atoms with Crippen LogP contribution in [-0.4, -0.2) is 0 Å². The van der Waals surface area contributed by atoms with E-state index in [0.717, 1.165) is 11.2 Å². The maximum atomic E-state index is 6.71. The highest BCUT2D eigenvalue weighted by atomic mass is 16.3. The predicted octanol–water partition coefficient (Wildman–Crippen LogP) is 8.03. The number of aryl methyl sites for hydroxylation is 2. The van der Waals surface area contributed by atoms with Gasteiger partial charge in [-0.05, 0) is 64.3 Å². The van der Waals surface area contributed by atoms with Crippen LogP contribution in [0.15, 0.2) is 47.0 Å². The summed E-state index contributed by atoms with van der Waals surface area (Å²) in [6.07, 6.45) is 4.60. The number of fused-ring (bicyclic) bond motifs is 5. The fourth-order valence-corrected chi connectivity index (χ4v) is 5.78. The Kier molecular flexibility index (Phi) is 4.67.